The zero-order valence-corrected chi connectivity index (χ0v) is 26.0. The van der Waals surface area contributed by atoms with E-state index < -0.39 is 17.9 Å². The summed E-state index contributed by atoms with van der Waals surface area (Å²) in [5, 5.41) is 31.2. The number of carboxylic acid groups (broad SMARTS) is 3. The van der Waals surface area contributed by atoms with Crippen LogP contribution in [0.2, 0.25) is 0 Å². The largest absolute Gasteiger partial charge is 3.00 e. The number of carboxylic acids is 3. The van der Waals surface area contributed by atoms with Crippen LogP contribution in [0.25, 0.3) is 0 Å². The van der Waals surface area contributed by atoms with Crippen molar-refractivity contribution in [2.45, 2.75) is 138 Å². The molecule has 0 saturated heterocycles. The molecule has 0 aliphatic rings. The quantitative estimate of drug-likeness (QED) is 0.215. The summed E-state index contributed by atoms with van der Waals surface area (Å²) in [5.74, 6) is -3.32. The van der Waals surface area contributed by atoms with Crippen molar-refractivity contribution in [1.29, 1.82) is 0 Å². The van der Waals surface area contributed by atoms with E-state index in [1.165, 1.54) is 0 Å². The van der Waals surface area contributed by atoms with E-state index in [4.69, 9.17) is 0 Å². The Balaban J connectivity index is -0.000000196. The van der Waals surface area contributed by atoms with Crippen molar-refractivity contribution in [3.05, 3.63) is 0 Å². The molecule has 0 aromatic heterocycles. The van der Waals surface area contributed by atoms with Crippen LogP contribution in [0, 0.1) is 58.6 Å². The van der Waals surface area contributed by atoms with Crippen LogP contribution in [0.15, 0.2) is 0 Å². The van der Waals surface area contributed by atoms with Crippen LogP contribution in [0.5, 0.6) is 0 Å². The molecule has 0 saturated carbocycles. The molecule has 3 atom stereocenters. The molecule has 0 aromatic carbocycles. The molecule has 199 valence electrons. The Hall–Kier alpha value is -0.239. The topological polar surface area (TPSA) is 120 Å². The second kappa shape index (κ2) is 30.8. The summed E-state index contributed by atoms with van der Waals surface area (Å²) >= 11 is 0. The maximum atomic E-state index is 10.4. The molecule has 0 aliphatic carbocycles. The van der Waals surface area contributed by atoms with Crippen LogP contribution >= 0.6 is 0 Å². The van der Waals surface area contributed by atoms with Gasteiger partial charge >= 0.3 is 40.8 Å². The van der Waals surface area contributed by atoms with Crippen LogP contribution < -0.4 is 15.3 Å². The molecule has 1 radical (unpaired) electrons. The molecule has 0 rings (SSSR count). The number of hydrogen-bond donors (Lipinski definition) is 0. The fourth-order valence-corrected chi connectivity index (χ4v) is 3.39. The smallest absolute Gasteiger partial charge is 0.550 e. The fraction of sp³-hybridized carbons (Fsp3) is 0.889. The molecule has 0 spiro atoms. The molecule has 0 fully saturated rings. The number of unbranched alkanes of at least 4 members (excludes halogenated alkanes) is 6. The SMILES string of the molecule is CCCCCC(CC)C(=O)[O-].CCCCCC(CC)C(=O)[O-].CCCCCC(CC)C(=O)[O-].[Nd+3]. The van der Waals surface area contributed by atoms with Gasteiger partial charge in [0.25, 0.3) is 0 Å². The van der Waals surface area contributed by atoms with Crippen molar-refractivity contribution in [3.63, 3.8) is 0 Å². The predicted octanol–water partition coefficient (Wildman–Crippen LogP) is 4.03. The Morgan fingerprint density at radius 2 is 0.676 bits per heavy atom. The summed E-state index contributed by atoms with van der Waals surface area (Å²) in [5.41, 5.74) is 0. The van der Waals surface area contributed by atoms with E-state index in [1.54, 1.807) is 0 Å². The third-order valence-electron chi connectivity index (χ3n) is 5.95. The molecule has 0 bridgehead atoms. The van der Waals surface area contributed by atoms with Crippen LogP contribution in [0.4, 0.5) is 0 Å². The van der Waals surface area contributed by atoms with Gasteiger partial charge in [-0.1, -0.05) is 99.3 Å². The molecule has 7 heteroatoms. The van der Waals surface area contributed by atoms with Gasteiger partial charge < -0.3 is 29.7 Å². The summed E-state index contributed by atoms with van der Waals surface area (Å²) in [6, 6.07) is 0. The van der Waals surface area contributed by atoms with Gasteiger partial charge in [0.15, 0.2) is 0 Å². The number of carbonyl (C=O) groups is 3. The van der Waals surface area contributed by atoms with Gasteiger partial charge in [-0.25, -0.2) is 0 Å². The fourth-order valence-electron chi connectivity index (χ4n) is 3.39. The maximum Gasteiger partial charge on any atom is 3.00 e. The second-order valence-electron chi connectivity index (χ2n) is 8.76. The Bertz CT molecular complexity index is 403. The van der Waals surface area contributed by atoms with Crippen molar-refractivity contribution < 1.29 is 70.5 Å². The van der Waals surface area contributed by atoms with Crippen molar-refractivity contribution in [2.24, 2.45) is 17.8 Å². The van der Waals surface area contributed by atoms with E-state index in [0.717, 1.165) is 77.0 Å². The van der Waals surface area contributed by atoms with Crippen LogP contribution in [-0.4, -0.2) is 17.9 Å². The summed E-state index contributed by atoms with van der Waals surface area (Å²) in [4.78, 5) is 31.2. The Morgan fingerprint density at radius 1 is 0.471 bits per heavy atom. The van der Waals surface area contributed by atoms with Crippen LogP contribution in [-0.2, 0) is 14.4 Å². The Morgan fingerprint density at radius 3 is 0.794 bits per heavy atom. The van der Waals surface area contributed by atoms with E-state index in [2.05, 4.69) is 20.8 Å². The molecule has 0 aromatic rings. The average molecular weight is 616 g/mol. The number of carbonyl (C=O) groups excluding carboxylic acids is 3. The Kier molecular flexibility index (Phi) is 37.0. The van der Waals surface area contributed by atoms with Gasteiger partial charge in [-0.05, 0) is 56.3 Å². The maximum absolute atomic E-state index is 10.4. The van der Waals surface area contributed by atoms with Gasteiger partial charge in [-0.15, -0.1) is 0 Å². The van der Waals surface area contributed by atoms with Gasteiger partial charge in [-0.3, -0.25) is 0 Å². The minimum absolute atomic E-state index is 0. The molecule has 34 heavy (non-hydrogen) atoms. The summed E-state index contributed by atoms with van der Waals surface area (Å²) in [6.45, 7) is 12.0. The van der Waals surface area contributed by atoms with Crippen molar-refractivity contribution in [2.75, 3.05) is 0 Å². The first-order chi connectivity index (χ1) is 15.7. The third-order valence-corrected chi connectivity index (χ3v) is 5.95. The Labute approximate surface area is 242 Å². The van der Waals surface area contributed by atoms with Crippen molar-refractivity contribution >= 4 is 17.9 Å². The number of aliphatic carboxylic acids is 3. The van der Waals surface area contributed by atoms with Crippen molar-refractivity contribution in [1.82, 2.24) is 0 Å². The molecular weight excluding hydrogens is 565 g/mol. The average Bonchev–Trinajstić information content (AvgIpc) is 2.77. The van der Waals surface area contributed by atoms with E-state index in [9.17, 15) is 29.7 Å². The van der Waals surface area contributed by atoms with Crippen LogP contribution in [0.1, 0.15) is 138 Å². The first-order valence-corrected chi connectivity index (χ1v) is 13.3. The van der Waals surface area contributed by atoms with E-state index in [1.807, 2.05) is 20.8 Å². The molecular formula is C27H51NdO6. The molecule has 0 amide bonds. The predicted molar refractivity (Wildman–Crippen MR) is 129 cm³/mol. The molecule has 0 N–H and O–H groups in total. The van der Waals surface area contributed by atoms with Gasteiger partial charge in [0, 0.05) is 17.9 Å². The minimum Gasteiger partial charge on any atom is -0.550 e. The van der Waals surface area contributed by atoms with E-state index in [0.29, 0.717) is 19.3 Å². The van der Waals surface area contributed by atoms with Crippen LogP contribution in [0.3, 0.4) is 0 Å². The van der Waals surface area contributed by atoms with Gasteiger partial charge in [0.2, 0.25) is 0 Å². The van der Waals surface area contributed by atoms with Gasteiger partial charge in [-0.2, -0.15) is 0 Å². The van der Waals surface area contributed by atoms with Gasteiger partial charge in [0.05, 0.1) is 0 Å². The zero-order chi connectivity index (χ0) is 26.1. The molecule has 6 nitrogen and oxygen atoms in total. The summed E-state index contributed by atoms with van der Waals surface area (Å²) in [6.07, 6.45) is 14.3. The van der Waals surface area contributed by atoms with E-state index >= 15 is 0 Å². The normalized spacial score (nSPS) is 12.5. The zero-order valence-electron chi connectivity index (χ0n) is 22.8. The summed E-state index contributed by atoms with van der Waals surface area (Å²) < 4.78 is 0. The first kappa shape index (κ1) is 40.9. The monoisotopic (exact) mass is 613 g/mol. The molecule has 0 heterocycles. The van der Waals surface area contributed by atoms with Crippen molar-refractivity contribution in [3.8, 4) is 0 Å². The standard InChI is InChI=1S/3C9H18O2.Nd/c3*1-3-5-6-7-8(4-2)9(10)11;/h3*8H,3-7H2,1-2H3,(H,10,11);/q;;;+3/p-3. The third kappa shape index (κ3) is 28.0. The molecule has 0 aliphatic heterocycles. The van der Waals surface area contributed by atoms with E-state index in [-0.39, 0.29) is 58.6 Å². The number of rotatable bonds is 18. The molecule has 3 unspecified atom stereocenters. The van der Waals surface area contributed by atoms with Gasteiger partial charge in [0.1, 0.15) is 0 Å². The second-order valence-corrected chi connectivity index (χ2v) is 8.76. The first-order valence-electron chi connectivity index (χ1n) is 13.3. The minimum atomic E-state index is -0.886. The number of hydrogen-bond acceptors (Lipinski definition) is 6. The summed E-state index contributed by atoms with van der Waals surface area (Å²) in [7, 11) is 0.